The molecule has 0 atom stereocenters. The van der Waals surface area contributed by atoms with E-state index in [2.05, 4.69) is 5.32 Å². The molecule has 0 bridgehead atoms. The summed E-state index contributed by atoms with van der Waals surface area (Å²) in [5, 5.41) is 13.0. The molecule has 1 fully saturated rings. The molecular formula is C24H16FN3O5S. The van der Waals surface area contributed by atoms with Gasteiger partial charge in [-0.05, 0) is 54.2 Å². The van der Waals surface area contributed by atoms with Crippen LogP contribution in [0.1, 0.15) is 11.1 Å². The van der Waals surface area contributed by atoms with Crippen molar-refractivity contribution in [1.29, 1.82) is 0 Å². The molecule has 0 aliphatic carbocycles. The predicted molar refractivity (Wildman–Crippen MR) is 126 cm³/mol. The maximum absolute atomic E-state index is 14.3. The first-order valence-electron chi connectivity index (χ1n) is 9.96. The van der Waals surface area contributed by atoms with Gasteiger partial charge in [0, 0.05) is 17.7 Å². The van der Waals surface area contributed by atoms with Crippen molar-refractivity contribution in [2.24, 2.45) is 0 Å². The molecule has 1 aliphatic heterocycles. The van der Waals surface area contributed by atoms with Gasteiger partial charge in [0.05, 0.1) is 10.6 Å². The molecule has 1 saturated heterocycles. The quantitative estimate of drug-likeness (QED) is 0.188. The van der Waals surface area contributed by atoms with Crippen LogP contribution in [0.25, 0.3) is 6.08 Å². The number of nitrogens with one attached hydrogen (secondary N) is 1. The number of hydrogen-bond donors (Lipinski definition) is 1. The third kappa shape index (κ3) is 4.66. The fourth-order valence-electron chi connectivity index (χ4n) is 3.27. The van der Waals surface area contributed by atoms with E-state index in [9.17, 15) is 24.1 Å². The number of benzene rings is 3. The average molecular weight is 477 g/mol. The van der Waals surface area contributed by atoms with Gasteiger partial charge in [-0.3, -0.25) is 25.0 Å². The number of halogens is 1. The van der Waals surface area contributed by atoms with Gasteiger partial charge in [0.25, 0.3) is 17.5 Å². The smallest absolute Gasteiger partial charge is 0.270 e. The summed E-state index contributed by atoms with van der Waals surface area (Å²) >= 11 is 5.10. The second kappa shape index (κ2) is 9.59. The lowest BCUT2D eigenvalue weighted by atomic mass is 10.1. The summed E-state index contributed by atoms with van der Waals surface area (Å²) in [4.78, 5) is 36.9. The van der Waals surface area contributed by atoms with Crippen LogP contribution in [-0.4, -0.2) is 21.9 Å². The highest BCUT2D eigenvalue weighted by molar-refractivity contribution is 7.80. The maximum Gasteiger partial charge on any atom is 0.270 e. The van der Waals surface area contributed by atoms with Gasteiger partial charge in [-0.15, -0.1) is 0 Å². The van der Waals surface area contributed by atoms with Crippen LogP contribution in [-0.2, 0) is 16.2 Å². The van der Waals surface area contributed by atoms with E-state index < -0.39 is 22.6 Å². The summed E-state index contributed by atoms with van der Waals surface area (Å²) in [6, 6.07) is 18.2. The molecule has 0 spiro atoms. The number of nitro groups is 1. The van der Waals surface area contributed by atoms with Crippen LogP contribution in [0.4, 0.5) is 15.8 Å². The Morgan fingerprint density at radius 1 is 1.03 bits per heavy atom. The number of amides is 2. The van der Waals surface area contributed by atoms with E-state index in [0.29, 0.717) is 16.9 Å². The van der Waals surface area contributed by atoms with Crippen molar-refractivity contribution in [3.63, 3.8) is 0 Å². The fourth-order valence-corrected chi connectivity index (χ4v) is 3.54. The minimum atomic E-state index is -0.774. The van der Waals surface area contributed by atoms with Crippen molar-refractivity contribution in [1.82, 2.24) is 5.32 Å². The zero-order valence-corrected chi connectivity index (χ0v) is 18.3. The number of para-hydroxylation sites is 2. The van der Waals surface area contributed by atoms with Crippen molar-refractivity contribution in [3.05, 3.63) is 105 Å². The lowest BCUT2D eigenvalue weighted by Crippen LogP contribution is -2.54. The largest absolute Gasteiger partial charge is 0.488 e. The van der Waals surface area contributed by atoms with E-state index in [1.54, 1.807) is 42.5 Å². The molecule has 1 heterocycles. The van der Waals surface area contributed by atoms with Crippen molar-refractivity contribution in [2.75, 3.05) is 4.90 Å². The molecule has 170 valence electrons. The minimum Gasteiger partial charge on any atom is -0.488 e. The van der Waals surface area contributed by atoms with E-state index >= 15 is 0 Å². The van der Waals surface area contributed by atoms with Gasteiger partial charge >= 0.3 is 0 Å². The summed E-state index contributed by atoms with van der Waals surface area (Å²) in [5.74, 6) is -1.78. The van der Waals surface area contributed by atoms with E-state index in [1.807, 2.05) is 0 Å². The number of carbonyl (C=O) groups excluding carboxylic acids is 2. The SMILES string of the molecule is O=C1NC(=S)N(c2ccccc2F)C(=O)/C1=C/c1ccccc1OCc1ccc([N+](=O)[O-])cc1. The first-order chi connectivity index (χ1) is 16.3. The van der Waals surface area contributed by atoms with Crippen LogP contribution in [0.3, 0.4) is 0 Å². The molecule has 0 unspecified atom stereocenters. The maximum atomic E-state index is 14.3. The van der Waals surface area contributed by atoms with Crippen LogP contribution in [0.2, 0.25) is 0 Å². The highest BCUT2D eigenvalue weighted by atomic mass is 32.1. The van der Waals surface area contributed by atoms with Gasteiger partial charge in [0.1, 0.15) is 23.7 Å². The van der Waals surface area contributed by atoms with Gasteiger partial charge in [-0.2, -0.15) is 0 Å². The van der Waals surface area contributed by atoms with Crippen LogP contribution in [0.5, 0.6) is 5.75 Å². The molecule has 0 aromatic heterocycles. The summed E-state index contributed by atoms with van der Waals surface area (Å²) < 4.78 is 20.2. The van der Waals surface area contributed by atoms with Crippen molar-refractivity contribution < 1.29 is 23.6 Å². The molecule has 3 aromatic carbocycles. The van der Waals surface area contributed by atoms with Gasteiger partial charge in [0.15, 0.2) is 5.11 Å². The Morgan fingerprint density at radius 2 is 1.71 bits per heavy atom. The Labute approximate surface area is 198 Å². The van der Waals surface area contributed by atoms with Gasteiger partial charge in [-0.1, -0.05) is 30.3 Å². The molecule has 10 heteroatoms. The van der Waals surface area contributed by atoms with E-state index in [1.165, 1.54) is 36.4 Å². The normalized spacial score (nSPS) is 14.8. The topological polar surface area (TPSA) is 102 Å². The standard InChI is InChI=1S/C24H16FN3O5S/c25-19-6-2-3-7-20(19)27-23(30)18(22(29)26-24(27)34)13-16-5-1-4-8-21(16)33-14-15-9-11-17(12-10-15)28(31)32/h1-13H,14H2,(H,26,29,34)/b18-13+. The summed E-state index contributed by atoms with van der Waals surface area (Å²) in [6.45, 7) is 0.101. The first-order valence-corrected chi connectivity index (χ1v) is 10.4. The van der Waals surface area contributed by atoms with Crippen molar-refractivity contribution >= 4 is 46.6 Å². The van der Waals surface area contributed by atoms with Gasteiger partial charge in [-0.25, -0.2) is 9.29 Å². The van der Waals surface area contributed by atoms with Gasteiger partial charge < -0.3 is 4.74 Å². The van der Waals surface area contributed by atoms with Crippen LogP contribution in [0.15, 0.2) is 78.4 Å². The Hall–Kier alpha value is -4.44. The van der Waals surface area contributed by atoms with Crippen molar-refractivity contribution in [3.8, 4) is 5.75 Å². The number of ether oxygens (including phenoxy) is 1. The number of carbonyl (C=O) groups is 2. The number of anilines is 1. The molecule has 4 rings (SSSR count). The zero-order valence-electron chi connectivity index (χ0n) is 17.4. The number of hydrogen-bond acceptors (Lipinski definition) is 6. The van der Waals surface area contributed by atoms with E-state index in [-0.39, 0.29) is 28.7 Å². The lowest BCUT2D eigenvalue weighted by Gasteiger charge is -2.29. The Balaban J connectivity index is 1.61. The fraction of sp³-hybridized carbons (Fsp3) is 0.0417. The van der Waals surface area contributed by atoms with Crippen LogP contribution in [0, 0.1) is 15.9 Å². The molecule has 1 N–H and O–H groups in total. The third-order valence-electron chi connectivity index (χ3n) is 4.96. The first kappa shape index (κ1) is 22.7. The molecular weight excluding hydrogens is 461 g/mol. The third-order valence-corrected chi connectivity index (χ3v) is 5.24. The Bertz CT molecular complexity index is 1340. The second-order valence-electron chi connectivity index (χ2n) is 7.16. The Kier molecular flexibility index (Phi) is 6.42. The number of nitro benzene ring substituents is 1. The monoisotopic (exact) mass is 477 g/mol. The molecule has 2 amide bonds. The number of non-ortho nitro benzene ring substituents is 1. The predicted octanol–water partition coefficient (Wildman–Crippen LogP) is 4.14. The molecule has 3 aromatic rings. The summed E-state index contributed by atoms with van der Waals surface area (Å²) in [5.41, 5.74) is 0.766. The molecule has 0 saturated carbocycles. The van der Waals surface area contributed by atoms with E-state index in [4.69, 9.17) is 17.0 Å². The lowest BCUT2D eigenvalue weighted by molar-refractivity contribution is -0.384. The number of rotatable bonds is 6. The summed E-state index contributed by atoms with van der Waals surface area (Å²) in [6.07, 6.45) is 1.35. The van der Waals surface area contributed by atoms with Crippen LogP contribution < -0.4 is 15.0 Å². The molecule has 8 nitrogen and oxygen atoms in total. The van der Waals surface area contributed by atoms with Gasteiger partial charge in [0.2, 0.25) is 0 Å². The van der Waals surface area contributed by atoms with Crippen LogP contribution >= 0.6 is 12.2 Å². The average Bonchev–Trinajstić information content (AvgIpc) is 2.82. The highest BCUT2D eigenvalue weighted by Crippen LogP contribution is 2.27. The number of thiocarbonyl (C=S) groups is 1. The second-order valence-corrected chi connectivity index (χ2v) is 7.55. The van der Waals surface area contributed by atoms with Crippen molar-refractivity contribution in [2.45, 2.75) is 6.61 Å². The molecule has 34 heavy (non-hydrogen) atoms. The Morgan fingerprint density at radius 3 is 2.41 bits per heavy atom. The molecule has 0 radical (unpaired) electrons. The minimum absolute atomic E-state index is 0.0342. The number of nitrogens with zero attached hydrogens (tertiary/aromatic N) is 2. The molecule has 1 aliphatic rings. The highest BCUT2D eigenvalue weighted by Gasteiger charge is 2.35. The summed E-state index contributed by atoms with van der Waals surface area (Å²) in [7, 11) is 0. The zero-order chi connectivity index (χ0) is 24.2. The van der Waals surface area contributed by atoms with E-state index in [0.717, 1.165) is 4.90 Å².